The zero-order chi connectivity index (χ0) is 19.9. The van der Waals surface area contributed by atoms with Gasteiger partial charge in [-0.2, -0.15) is 0 Å². The number of carbonyl (C=O) groups excluding carboxylic acids is 3. The quantitative estimate of drug-likeness (QED) is 0.807. The number of hydrogen-bond acceptors (Lipinski definition) is 4. The summed E-state index contributed by atoms with van der Waals surface area (Å²) in [5.74, 6) is -2.44. The first-order valence-electron chi connectivity index (χ1n) is 8.93. The third-order valence-electron chi connectivity index (χ3n) is 5.30. The molecule has 2 heterocycles. The summed E-state index contributed by atoms with van der Waals surface area (Å²) in [5, 5.41) is 11.7. The van der Waals surface area contributed by atoms with Gasteiger partial charge in [0, 0.05) is 6.42 Å². The van der Waals surface area contributed by atoms with Crippen LogP contribution in [0.3, 0.4) is 0 Å². The van der Waals surface area contributed by atoms with E-state index in [0.29, 0.717) is 17.7 Å². The predicted molar refractivity (Wildman–Crippen MR) is 97.0 cm³/mol. The standard InChI is InChI=1S/C19H23N3O5/c1-11(2)16(18(26)27)20-14(23)10-21-17(25)12-6-4-5-7-13(12)22-15(24)8-9-19(21,22)3/h4-7,11,16H,8-10H2,1-3H3,(H,20,23)(H,26,27). The molecule has 0 spiro atoms. The summed E-state index contributed by atoms with van der Waals surface area (Å²) < 4.78 is 0. The first-order valence-corrected chi connectivity index (χ1v) is 8.93. The van der Waals surface area contributed by atoms with Crippen molar-refractivity contribution < 1.29 is 24.3 Å². The van der Waals surface area contributed by atoms with Crippen molar-refractivity contribution in [1.82, 2.24) is 10.2 Å². The summed E-state index contributed by atoms with van der Waals surface area (Å²) in [6.07, 6.45) is 0.686. The molecule has 3 rings (SSSR count). The molecule has 1 fully saturated rings. The van der Waals surface area contributed by atoms with Crippen LogP contribution >= 0.6 is 0 Å². The Morgan fingerprint density at radius 2 is 1.93 bits per heavy atom. The zero-order valence-corrected chi connectivity index (χ0v) is 15.6. The average molecular weight is 373 g/mol. The molecule has 0 saturated carbocycles. The molecule has 1 aromatic carbocycles. The molecule has 0 aliphatic carbocycles. The van der Waals surface area contributed by atoms with Crippen LogP contribution in [0.25, 0.3) is 0 Å². The number of amides is 3. The van der Waals surface area contributed by atoms with Gasteiger partial charge in [0.2, 0.25) is 11.8 Å². The second-order valence-electron chi connectivity index (χ2n) is 7.48. The summed E-state index contributed by atoms with van der Waals surface area (Å²) in [7, 11) is 0. The van der Waals surface area contributed by atoms with Crippen molar-refractivity contribution in [1.29, 1.82) is 0 Å². The van der Waals surface area contributed by atoms with E-state index < -0.39 is 23.6 Å². The molecular formula is C19H23N3O5. The number of para-hydroxylation sites is 1. The van der Waals surface area contributed by atoms with Gasteiger partial charge in [0.05, 0.1) is 11.3 Å². The minimum absolute atomic E-state index is 0.103. The number of aliphatic carboxylic acids is 1. The summed E-state index contributed by atoms with van der Waals surface area (Å²) in [6, 6.07) is 5.78. The van der Waals surface area contributed by atoms with Crippen LogP contribution in [0.15, 0.2) is 24.3 Å². The number of rotatable bonds is 5. The highest BCUT2D eigenvalue weighted by atomic mass is 16.4. The molecule has 8 nitrogen and oxygen atoms in total. The number of fused-ring (bicyclic) bond motifs is 3. The lowest BCUT2D eigenvalue weighted by Gasteiger charge is -2.48. The number of nitrogens with zero attached hydrogens (tertiary/aromatic N) is 2. The third-order valence-corrected chi connectivity index (χ3v) is 5.30. The van der Waals surface area contributed by atoms with Gasteiger partial charge >= 0.3 is 5.97 Å². The van der Waals surface area contributed by atoms with E-state index in [1.807, 2.05) is 0 Å². The van der Waals surface area contributed by atoms with Gasteiger partial charge in [0.15, 0.2) is 0 Å². The van der Waals surface area contributed by atoms with Crippen molar-refractivity contribution in [2.24, 2.45) is 5.92 Å². The van der Waals surface area contributed by atoms with Crippen LogP contribution in [-0.4, -0.2) is 51.9 Å². The fourth-order valence-electron chi connectivity index (χ4n) is 3.82. The Bertz CT molecular complexity index is 821. The highest BCUT2D eigenvalue weighted by molar-refractivity contribution is 6.11. The first-order chi connectivity index (χ1) is 12.7. The number of nitrogens with one attached hydrogen (secondary N) is 1. The Kier molecular flexibility index (Phi) is 4.67. The molecular weight excluding hydrogens is 350 g/mol. The van der Waals surface area contributed by atoms with Crippen LogP contribution in [0.2, 0.25) is 0 Å². The van der Waals surface area contributed by atoms with Crippen LogP contribution in [0.4, 0.5) is 5.69 Å². The van der Waals surface area contributed by atoms with Crippen LogP contribution in [0.1, 0.15) is 44.0 Å². The van der Waals surface area contributed by atoms with Crippen molar-refractivity contribution >= 4 is 29.4 Å². The van der Waals surface area contributed by atoms with Crippen molar-refractivity contribution in [3.63, 3.8) is 0 Å². The summed E-state index contributed by atoms with van der Waals surface area (Å²) in [4.78, 5) is 52.3. The highest BCUT2D eigenvalue weighted by Crippen LogP contribution is 2.43. The smallest absolute Gasteiger partial charge is 0.326 e. The predicted octanol–water partition coefficient (Wildman–Crippen LogP) is 1.21. The highest BCUT2D eigenvalue weighted by Gasteiger charge is 2.53. The van der Waals surface area contributed by atoms with Gasteiger partial charge in [-0.1, -0.05) is 26.0 Å². The van der Waals surface area contributed by atoms with Crippen LogP contribution in [0.5, 0.6) is 0 Å². The monoisotopic (exact) mass is 373 g/mol. The number of anilines is 1. The molecule has 2 N–H and O–H groups in total. The van der Waals surface area contributed by atoms with E-state index >= 15 is 0 Å². The Hall–Kier alpha value is -2.90. The lowest BCUT2D eigenvalue weighted by atomic mass is 9.98. The van der Waals surface area contributed by atoms with Crippen LogP contribution < -0.4 is 10.2 Å². The van der Waals surface area contributed by atoms with Gasteiger partial charge in [0.25, 0.3) is 5.91 Å². The fraction of sp³-hybridized carbons (Fsp3) is 0.474. The number of benzene rings is 1. The Labute approximate surface area is 157 Å². The molecule has 144 valence electrons. The normalized spacial score (nSPS) is 22.5. The second kappa shape index (κ2) is 6.68. The van der Waals surface area contributed by atoms with Crippen molar-refractivity contribution in [2.45, 2.75) is 45.3 Å². The summed E-state index contributed by atoms with van der Waals surface area (Å²) in [5.41, 5.74) is -0.0393. The maximum Gasteiger partial charge on any atom is 0.326 e. The topological polar surface area (TPSA) is 107 Å². The molecule has 2 unspecified atom stereocenters. The molecule has 2 aliphatic heterocycles. The zero-order valence-electron chi connectivity index (χ0n) is 15.6. The van der Waals surface area contributed by atoms with Gasteiger partial charge in [-0.15, -0.1) is 0 Å². The number of carboxylic acid groups (broad SMARTS) is 1. The van der Waals surface area contributed by atoms with Gasteiger partial charge in [-0.05, 0) is 31.4 Å². The Balaban J connectivity index is 1.91. The van der Waals surface area contributed by atoms with Crippen molar-refractivity contribution in [2.75, 3.05) is 11.4 Å². The Morgan fingerprint density at radius 3 is 2.56 bits per heavy atom. The van der Waals surface area contributed by atoms with Gasteiger partial charge in [-0.25, -0.2) is 4.79 Å². The number of hydrogen-bond donors (Lipinski definition) is 2. The molecule has 2 aliphatic rings. The van der Waals surface area contributed by atoms with Gasteiger partial charge < -0.3 is 15.3 Å². The molecule has 0 bridgehead atoms. The van der Waals surface area contributed by atoms with E-state index in [1.54, 1.807) is 49.9 Å². The van der Waals surface area contributed by atoms with E-state index in [4.69, 9.17) is 0 Å². The minimum Gasteiger partial charge on any atom is -0.480 e. The molecule has 0 aromatic heterocycles. The molecule has 27 heavy (non-hydrogen) atoms. The van der Waals surface area contributed by atoms with E-state index in [9.17, 15) is 24.3 Å². The van der Waals surface area contributed by atoms with Crippen molar-refractivity contribution in [3.8, 4) is 0 Å². The first kappa shape index (κ1) is 18.9. The third kappa shape index (κ3) is 3.05. The van der Waals surface area contributed by atoms with E-state index in [0.717, 1.165) is 0 Å². The summed E-state index contributed by atoms with van der Waals surface area (Å²) in [6.45, 7) is 4.83. The average Bonchev–Trinajstić information content (AvgIpc) is 2.92. The molecule has 0 radical (unpaired) electrons. The van der Waals surface area contributed by atoms with Crippen LogP contribution in [0, 0.1) is 5.92 Å². The second-order valence-corrected chi connectivity index (χ2v) is 7.48. The van der Waals surface area contributed by atoms with Crippen molar-refractivity contribution in [3.05, 3.63) is 29.8 Å². The minimum atomic E-state index is -1.13. The summed E-state index contributed by atoms with van der Waals surface area (Å²) >= 11 is 0. The van der Waals surface area contributed by atoms with Gasteiger partial charge in [-0.3, -0.25) is 19.3 Å². The number of carbonyl (C=O) groups is 4. The molecule has 8 heteroatoms. The maximum atomic E-state index is 13.1. The molecule has 1 aromatic rings. The Morgan fingerprint density at radius 1 is 1.26 bits per heavy atom. The SMILES string of the molecule is CC(C)C(NC(=O)CN1C(=O)c2ccccc2N2C(=O)CCC12C)C(=O)O. The van der Waals surface area contributed by atoms with E-state index in [1.165, 1.54) is 4.90 Å². The van der Waals surface area contributed by atoms with Gasteiger partial charge in [0.1, 0.15) is 18.2 Å². The van der Waals surface area contributed by atoms with Crippen LogP contribution in [-0.2, 0) is 14.4 Å². The number of carboxylic acids is 1. The maximum absolute atomic E-state index is 13.1. The molecule has 1 saturated heterocycles. The fourth-order valence-corrected chi connectivity index (χ4v) is 3.82. The lowest BCUT2D eigenvalue weighted by molar-refractivity contribution is -0.143. The van der Waals surface area contributed by atoms with E-state index in [-0.39, 0.29) is 30.7 Å². The molecule has 2 atom stereocenters. The molecule has 3 amide bonds. The van der Waals surface area contributed by atoms with E-state index in [2.05, 4.69) is 5.32 Å². The largest absolute Gasteiger partial charge is 0.480 e. The lowest BCUT2D eigenvalue weighted by Crippen LogP contribution is -2.64.